The lowest BCUT2D eigenvalue weighted by Crippen LogP contribution is -2.49. The molecule has 4 aliphatic carbocycles. The van der Waals surface area contributed by atoms with Gasteiger partial charge in [-0.25, -0.2) is 0 Å². The van der Waals surface area contributed by atoms with E-state index in [1.165, 1.54) is 38.5 Å². The second kappa shape index (κ2) is 4.22. The first-order valence-corrected chi connectivity index (χ1v) is 8.60. The fourth-order valence-corrected chi connectivity index (χ4v) is 6.19. The topological polar surface area (TPSA) is 20.2 Å². The molecule has 0 saturated heterocycles. The standard InChI is InChI=1S/C19H28O/c1-18-9-3-4-16(18)15-6-5-13-12-14(20)7-11-19(13,2)17(15)8-10-18/h3,9,12,14-17,20H,4-8,10-11H2,1-2H3/t14?,15?,16?,17?,18-,19-/m0/s1. The summed E-state index contributed by atoms with van der Waals surface area (Å²) in [4.78, 5) is 0. The first-order valence-electron chi connectivity index (χ1n) is 8.60. The summed E-state index contributed by atoms with van der Waals surface area (Å²) in [5, 5.41) is 9.96. The Morgan fingerprint density at radius 1 is 1.10 bits per heavy atom. The maximum Gasteiger partial charge on any atom is 0.0724 e. The van der Waals surface area contributed by atoms with E-state index in [-0.39, 0.29) is 6.10 Å². The summed E-state index contributed by atoms with van der Waals surface area (Å²) < 4.78 is 0. The molecule has 0 aromatic carbocycles. The van der Waals surface area contributed by atoms with Crippen molar-refractivity contribution in [1.82, 2.24) is 0 Å². The molecule has 0 aliphatic heterocycles. The van der Waals surface area contributed by atoms with Crippen LogP contribution in [0.2, 0.25) is 0 Å². The number of hydrogen-bond donors (Lipinski definition) is 1. The van der Waals surface area contributed by atoms with Crippen LogP contribution in [-0.4, -0.2) is 11.2 Å². The highest BCUT2D eigenvalue weighted by molar-refractivity contribution is 5.26. The SMILES string of the molecule is C[C@@]12C=CCC1C1CCC3=CC(O)CC[C@]3(C)C1CC2. The minimum Gasteiger partial charge on any atom is -0.389 e. The fraction of sp³-hybridized carbons (Fsp3) is 0.789. The van der Waals surface area contributed by atoms with Crippen LogP contribution in [0.25, 0.3) is 0 Å². The second-order valence-corrected chi connectivity index (χ2v) is 8.31. The summed E-state index contributed by atoms with van der Waals surface area (Å²) in [7, 11) is 0. The fourth-order valence-electron chi connectivity index (χ4n) is 6.19. The third-order valence-corrected chi connectivity index (χ3v) is 7.42. The van der Waals surface area contributed by atoms with Gasteiger partial charge in [-0.3, -0.25) is 0 Å². The molecule has 6 atom stereocenters. The molecule has 0 amide bonds. The quantitative estimate of drug-likeness (QED) is 0.645. The number of aliphatic hydroxyl groups is 1. The zero-order chi connectivity index (χ0) is 14.0. The van der Waals surface area contributed by atoms with Crippen LogP contribution in [0.1, 0.15) is 58.8 Å². The number of fused-ring (bicyclic) bond motifs is 5. The molecule has 110 valence electrons. The maximum atomic E-state index is 9.96. The molecule has 0 radical (unpaired) electrons. The third kappa shape index (κ3) is 1.65. The van der Waals surface area contributed by atoms with Crippen LogP contribution < -0.4 is 0 Å². The van der Waals surface area contributed by atoms with Crippen LogP contribution in [0.5, 0.6) is 0 Å². The van der Waals surface area contributed by atoms with Crippen molar-refractivity contribution >= 4 is 0 Å². The highest BCUT2D eigenvalue weighted by Crippen LogP contribution is 2.63. The van der Waals surface area contributed by atoms with Gasteiger partial charge in [0.2, 0.25) is 0 Å². The molecule has 1 N–H and O–H groups in total. The van der Waals surface area contributed by atoms with Crippen molar-refractivity contribution in [2.24, 2.45) is 28.6 Å². The lowest BCUT2D eigenvalue weighted by atomic mass is 9.47. The van der Waals surface area contributed by atoms with Crippen molar-refractivity contribution in [3.05, 3.63) is 23.8 Å². The molecule has 1 heteroatoms. The number of allylic oxidation sites excluding steroid dienone is 3. The summed E-state index contributed by atoms with van der Waals surface area (Å²) in [6, 6.07) is 0. The molecule has 2 saturated carbocycles. The smallest absolute Gasteiger partial charge is 0.0724 e. The lowest BCUT2D eigenvalue weighted by Gasteiger charge is -2.57. The average Bonchev–Trinajstić information content (AvgIpc) is 2.81. The lowest BCUT2D eigenvalue weighted by molar-refractivity contribution is -0.0309. The van der Waals surface area contributed by atoms with Crippen LogP contribution >= 0.6 is 0 Å². The molecule has 0 aromatic heterocycles. The zero-order valence-corrected chi connectivity index (χ0v) is 12.9. The van der Waals surface area contributed by atoms with E-state index in [9.17, 15) is 5.11 Å². The molecule has 0 heterocycles. The van der Waals surface area contributed by atoms with Gasteiger partial charge in [-0.05, 0) is 73.5 Å². The normalized spacial score (nSPS) is 53.9. The zero-order valence-electron chi connectivity index (χ0n) is 12.9. The molecule has 2 fully saturated rings. The Morgan fingerprint density at radius 3 is 2.80 bits per heavy atom. The van der Waals surface area contributed by atoms with E-state index in [1.54, 1.807) is 5.57 Å². The maximum absolute atomic E-state index is 9.96. The third-order valence-electron chi connectivity index (χ3n) is 7.42. The summed E-state index contributed by atoms with van der Waals surface area (Å²) in [6.45, 7) is 5.00. The predicted octanol–water partition coefficient (Wildman–Crippen LogP) is 4.48. The van der Waals surface area contributed by atoms with Gasteiger partial charge in [0, 0.05) is 0 Å². The molecule has 0 aromatic rings. The summed E-state index contributed by atoms with van der Waals surface area (Å²) in [5.74, 6) is 2.68. The molecule has 0 bridgehead atoms. The van der Waals surface area contributed by atoms with Crippen molar-refractivity contribution in [2.75, 3.05) is 0 Å². The van der Waals surface area contributed by atoms with Crippen molar-refractivity contribution in [1.29, 1.82) is 0 Å². The Kier molecular flexibility index (Phi) is 2.77. The van der Waals surface area contributed by atoms with E-state index < -0.39 is 0 Å². The van der Waals surface area contributed by atoms with Crippen LogP contribution in [-0.2, 0) is 0 Å². The van der Waals surface area contributed by atoms with Crippen molar-refractivity contribution < 1.29 is 5.11 Å². The average molecular weight is 272 g/mol. The minimum atomic E-state index is -0.170. The molecule has 4 unspecified atom stereocenters. The number of rotatable bonds is 0. The van der Waals surface area contributed by atoms with E-state index in [0.29, 0.717) is 10.8 Å². The molecule has 4 rings (SSSR count). The van der Waals surface area contributed by atoms with E-state index >= 15 is 0 Å². The van der Waals surface area contributed by atoms with Gasteiger partial charge in [0.25, 0.3) is 0 Å². The van der Waals surface area contributed by atoms with Gasteiger partial charge in [0.15, 0.2) is 0 Å². The van der Waals surface area contributed by atoms with Gasteiger partial charge in [-0.15, -0.1) is 0 Å². The van der Waals surface area contributed by atoms with Crippen molar-refractivity contribution in [3.8, 4) is 0 Å². The monoisotopic (exact) mass is 272 g/mol. The largest absolute Gasteiger partial charge is 0.389 e. The highest BCUT2D eigenvalue weighted by atomic mass is 16.3. The summed E-state index contributed by atoms with van der Waals surface area (Å²) >= 11 is 0. The van der Waals surface area contributed by atoms with E-state index in [2.05, 4.69) is 32.1 Å². The van der Waals surface area contributed by atoms with Gasteiger partial charge >= 0.3 is 0 Å². The second-order valence-electron chi connectivity index (χ2n) is 8.31. The van der Waals surface area contributed by atoms with E-state index in [1.807, 2.05) is 0 Å². The van der Waals surface area contributed by atoms with Gasteiger partial charge in [-0.1, -0.05) is 37.6 Å². The first-order chi connectivity index (χ1) is 9.53. The van der Waals surface area contributed by atoms with Crippen LogP contribution in [0, 0.1) is 28.6 Å². The molecule has 0 spiro atoms. The van der Waals surface area contributed by atoms with Crippen molar-refractivity contribution in [3.63, 3.8) is 0 Å². The Balaban J connectivity index is 1.68. The molecule has 20 heavy (non-hydrogen) atoms. The summed E-state index contributed by atoms with van der Waals surface area (Å²) in [5.41, 5.74) is 2.48. The Labute approximate surface area is 123 Å². The van der Waals surface area contributed by atoms with Crippen LogP contribution in [0.15, 0.2) is 23.8 Å². The number of hydrogen-bond acceptors (Lipinski definition) is 1. The molecular formula is C19H28O. The minimum absolute atomic E-state index is 0.170. The molecule has 1 nitrogen and oxygen atoms in total. The Bertz CT molecular complexity index is 476. The first kappa shape index (κ1) is 13.1. The van der Waals surface area contributed by atoms with E-state index in [0.717, 1.165) is 24.2 Å². The molecule has 4 aliphatic rings. The van der Waals surface area contributed by atoms with Gasteiger partial charge in [0.1, 0.15) is 0 Å². The Morgan fingerprint density at radius 2 is 1.95 bits per heavy atom. The van der Waals surface area contributed by atoms with Gasteiger partial charge in [-0.2, -0.15) is 0 Å². The van der Waals surface area contributed by atoms with Crippen LogP contribution in [0.3, 0.4) is 0 Å². The van der Waals surface area contributed by atoms with E-state index in [4.69, 9.17) is 0 Å². The predicted molar refractivity (Wildman–Crippen MR) is 82.2 cm³/mol. The van der Waals surface area contributed by atoms with Crippen LogP contribution in [0.4, 0.5) is 0 Å². The molecular weight excluding hydrogens is 244 g/mol. The number of aliphatic hydroxyl groups excluding tert-OH is 1. The highest BCUT2D eigenvalue weighted by Gasteiger charge is 2.54. The van der Waals surface area contributed by atoms with Crippen molar-refractivity contribution in [2.45, 2.75) is 64.9 Å². The Hall–Kier alpha value is -0.560. The van der Waals surface area contributed by atoms with Gasteiger partial charge in [0.05, 0.1) is 6.10 Å². The summed E-state index contributed by atoms with van der Waals surface area (Å²) in [6.07, 6.45) is 15.9. The van der Waals surface area contributed by atoms with Gasteiger partial charge < -0.3 is 5.11 Å².